The molecule has 0 saturated carbocycles. The van der Waals surface area contributed by atoms with E-state index in [-0.39, 0.29) is 17.7 Å². The van der Waals surface area contributed by atoms with Gasteiger partial charge >= 0.3 is 0 Å². The summed E-state index contributed by atoms with van der Waals surface area (Å²) < 4.78 is 0. The fourth-order valence-corrected chi connectivity index (χ4v) is 4.16. The predicted octanol–water partition coefficient (Wildman–Crippen LogP) is 4.88. The van der Waals surface area contributed by atoms with E-state index in [4.69, 9.17) is 0 Å². The number of H-pyrrole nitrogens is 1. The largest absolute Gasteiger partial charge is 0.326 e. The highest BCUT2D eigenvalue weighted by molar-refractivity contribution is 7.99. The van der Waals surface area contributed by atoms with Crippen LogP contribution in [0.15, 0.2) is 76.5 Å². The molecule has 0 bridgehead atoms. The Balaban J connectivity index is 1.47. The van der Waals surface area contributed by atoms with E-state index in [2.05, 4.69) is 26.1 Å². The first-order valence-corrected chi connectivity index (χ1v) is 10.9. The molecular formula is C24H21N5O3S. The molecule has 3 aromatic carbocycles. The number of amides is 3. The fourth-order valence-electron chi connectivity index (χ4n) is 3.24. The number of anilines is 3. The van der Waals surface area contributed by atoms with Crippen LogP contribution in [0.1, 0.15) is 24.2 Å². The van der Waals surface area contributed by atoms with Crippen LogP contribution >= 0.6 is 11.8 Å². The van der Waals surface area contributed by atoms with Crippen molar-refractivity contribution in [2.75, 3.05) is 16.0 Å². The zero-order chi connectivity index (χ0) is 23.4. The Bertz CT molecular complexity index is 1370. The maximum Gasteiger partial charge on any atom is 0.255 e. The average Bonchev–Trinajstić information content (AvgIpc) is 3.15. The Kier molecular flexibility index (Phi) is 6.41. The molecule has 0 saturated heterocycles. The van der Waals surface area contributed by atoms with Gasteiger partial charge in [-0.05, 0) is 54.6 Å². The van der Waals surface area contributed by atoms with Gasteiger partial charge in [0.15, 0.2) is 5.82 Å². The summed E-state index contributed by atoms with van der Waals surface area (Å²) in [7, 11) is 0. The molecule has 4 rings (SSSR count). The monoisotopic (exact) mass is 459 g/mol. The van der Waals surface area contributed by atoms with Crippen molar-refractivity contribution >= 4 is 57.6 Å². The molecule has 166 valence electrons. The van der Waals surface area contributed by atoms with Crippen molar-refractivity contribution in [1.82, 2.24) is 10.2 Å². The number of carbonyl (C=O) groups excluding carboxylic acids is 3. The van der Waals surface area contributed by atoms with Crippen LogP contribution in [-0.4, -0.2) is 27.9 Å². The van der Waals surface area contributed by atoms with Crippen LogP contribution in [-0.2, 0) is 9.59 Å². The normalized spacial score (nSPS) is 10.6. The molecule has 33 heavy (non-hydrogen) atoms. The Morgan fingerprint density at radius 2 is 1.48 bits per heavy atom. The van der Waals surface area contributed by atoms with E-state index in [0.717, 1.165) is 20.7 Å². The number of nitrogens with zero attached hydrogens (tertiary/aromatic N) is 1. The number of benzene rings is 3. The number of fused-ring (bicyclic) bond motifs is 1. The number of aromatic nitrogens is 2. The average molecular weight is 460 g/mol. The quantitative estimate of drug-likeness (QED) is 0.328. The molecular weight excluding hydrogens is 438 g/mol. The van der Waals surface area contributed by atoms with E-state index in [1.165, 1.54) is 25.6 Å². The third-order valence-electron chi connectivity index (χ3n) is 4.60. The molecule has 0 radical (unpaired) electrons. The first-order valence-electron chi connectivity index (χ1n) is 10.1. The number of nitrogens with one attached hydrogen (secondary N) is 4. The van der Waals surface area contributed by atoms with Crippen molar-refractivity contribution in [2.24, 2.45) is 0 Å². The van der Waals surface area contributed by atoms with E-state index < -0.39 is 0 Å². The molecule has 9 heteroatoms. The second kappa shape index (κ2) is 9.58. The van der Waals surface area contributed by atoms with Crippen LogP contribution in [0.4, 0.5) is 17.2 Å². The van der Waals surface area contributed by atoms with Gasteiger partial charge in [0.05, 0.1) is 5.52 Å². The number of hydrogen-bond acceptors (Lipinski definition) is 5. The first kappa shape index (κ1) is 22.1. The number of rotatable bonds is 6. The zero-order valence-electron chi connectivity index (χ0n) is 17.9. The van der Waals surface area contributed by atoms with Crippen LogP contribution in [0.2, 0.25) is 0 Å². The summed E-state index contributed by atoms with van der Waals surface area (Å²) in [5.74, 6) is -0.144. The summed E-state index contributed by atoms with van der Waals surface area (Å²) in [5.41, 5.74) is 2.48. The Labute approximate surface area is 194 Å². The van der Waals surface area contributed by atoms with E-state index in [1.807, 2.05) is 42.5 Å². The Hall–Kier alpha value is -4.11. The number of hydrogen-bond donors (Lipinski definition) is 4. The molecule has 0 fully saturated rings. The van der Waals surface area contributed by atoms with Gasteiger partial charge in [-0.3, -0.25) is 19.5 Å². The minimum absolute atomic E-state index is 0.178. The Morgan fingerprint density at radius 1 is 0.788 bits per heavy atom. The highest BCUT2D eigenvalue weighted by Gasteiger charge is 2.10. The van der Waals surface area contributed by atoms with Crippen LogP contribution in [0.3, 0.4) is 0 Å². The third kappa shape index (κ3) is 5.58. The summed E-state index contributed by atoms with van der Waals surface area (Å²) in [6.45, 7) is 2.86. The minimum atomic E-state index is -0.270. The van der Waals surface area contributed by atoms with Gasteiger partial charge in [0.25, 0.3) is 5.91 Å². The molecule has 0 aliphatic heterocycles. The second-order valence-corrected chi connectivity index (χ2v) is 8.45. The zero-order valence-corrected chi connectivity index (χ0v) is 18.7. The van der Waals surface area contributed by atoms with Crippen LogP contribution < -0.4 is 16.0 Å². The van der Waals surface area contributed by atoms with Gasteiger partial charge in [0, 0.05) is 46.0 Å². The minimum Gasteiger partial charge on any atom is -0.326 e. The lowest BCUT2D eigenvalue weighted by Gasteiger charge is -2.09. The summed E-state index contributed by atoms with van der Waals surface area (Å²) in [4.78, 5) is 37.2. The van der Waals surface area contributed by atoms with Crippen LogP contribution in [0.5, 0.6) is 0 Å². The fraction of sp³-hybridized carbons (Fsp3) is 0.0833. The summed E-state index contributed by atoms with van der Waals surface area (Å²) in [6.07, 6.45) is 0. The molecule has 3 amide bonds. The summed E-state index contributed by atoms with van der Waals surface area (Å²) in [6, 6.07) is 20.1. The number of aromatic amines is 1. The Morgan fingerprint density at radius 3 is 2.24 bits per heavy atom. The molecule has 0 aliphatic carbocycles. The molecule has 1 heterocycles. The van der Waals surface area contributed by atoms with E-state index >= 15 is 0 Å². The van der Waals surface area contributed by atoms with Crippen LogP contribution in [0.25, 0.3) is 10.9 Å². The highest BCUT2D eigenvalue weighted by Crippen LogP contribution is 2.32. The van der Waals surface area contributed by atoms with Crippen molar-refractivity contribution in [2.45, 2.75) is 23.6 Å². The lowest BCUT2D eigenvalue weighted by atomic mass is 10.2. The highest BCUT2D eigenvalue weighted by atomic mass is 32.2. The SMILES string of the molecule is CC(=O)Nc1cccc(C(=O)Nc2cccc(Sc3ccc4c(NC(C)=O)n[nH]c4c3)c2)c1. The van der Waals surface area contributed by atoms with Gasteiger partial charge < -0.3 is 16.0 Å². The molecule has 4 N–H and O–H groups in total. The van der Waals surface area contributed by atoms with Crippen molar-refractivity contribution in [3.8, 4) is 0 Å². The summed E-state index contributed by atoms with van der Waals surface area (Å²) in [5, 5.41) is 16.2. The topological polar surface area (TPSA) is 116 Å². The van der Waals surface area contributed by atoms with Gasteiger partial charge in [-0.2, -0.15) is 5.10 Å². The number of carbonyl (C=O) groups is 3. The predicted molar refractivity (Wildman–Crippen MR) is 130 cm³/mol. The van der Waals surface area contributed by atoms with Gasteiger partial charge in [-0.25, -0.2) is 0 Å². The van der Waals surface area contributed by atoms with E-state index in [0.29, 0.717) is 22.8 Å². The maximum atomic E-state index is 12.7. The molecule has 8 nitrogen and oxygen atoms in total. The van der Waals surface area contributed by atoms with E-state index in [9.17, 15) is 14.4 Å². The maximum absolute atomic E-state index is 12.7. The van der Waals surface area contributed by atoms with Crippen molar-refractivity contribution < 1.29 is 14.4 Å². The molecule has 0 spiro atoms. The van der Waals surface area contributed by atoms with Gasteiger partial charge in [0.1, 0.15) is 0 Å². The van der Waals surface area contributed by atoms with E-state index in [1.54, 1.807) is 24.3 Å². The smallest absolute Gasteiger partial charge is 0.255 e. The van der Waals surface area contributed by atoms with Crippen molar-refractivity contribution in [3.63, 3.8) is 0 Å². The molecule has 1 aromatic heterocycles. The van der Waals surface area contributed by atoms with Crippen molar-refractivity contribution in [1.29, 1.82) is 0 Å². The molecule has 0 unspecified atom stereocenters. The van der Waals surface area contributed by atoms with Gasteiger partial charge in [-0.1, -0.05) is 23.9 Å². The molecule has 4 aromatic rings. The van der Waals surface area contributed by atoms with Gasteiger partial charge in [-0.15, -0.1) is 0 Å². The van der Waals surface area contributed by atoms with Crippen molar-refractivity contribution in [3.05, 3.63) is 72.3 Å². The standard InChI is InChI=1S/C24H21N5O3S/c1-14(30)25-17-6-3-5-16(11-17)24(32)27-18-7-4-8-19(12-18)33-20-9-10-21-22(13-20)28-29-23(21)26-15(2)31/h3-13H,1-2H3,(H,25,30)(H,27,32)(H2,26,28,29,31). The second-order valence-electron chi connectivity index (χ2n) is 7.31. The lowest BCUT2D eigenvalue weighted by molar-refractivity contribution is -0.115. The van der Waals surface area contributed by atoms with Gasteiger partial charge in [0.2, 0.25) is 11.8 Å². The summed E-state index contributed by atoms with van der Waals surface area (Å²) >= 11 is 1.54. The molecule has 0 aliphatic rings. The third-order valence-corrected chi connectivity index (χ3v) is 5.58. The lowest BCUT2D eigenvalue weighted by Crippen LogP contribution is -2.13. The first-order chi connectivity index (χ1) is 15.9. The molecule has 0 atom stereocenters. The van der Waals surface area contributed by atoms with Crippen LogP contribution in [0, 0.1) is 0 Å².